The highest BCUT2D eigenvalue weighted by Gasteiger charge is 2.11. The molecule has 0 aliphatic rings. The summed E-state index contributed by atoms with van der Waals surface area (Å²) in [4.78, 5) is 24.6. The summed E-state index contributed by atoms with van der Waals surface area (Å²) in [6.45, 7) is 0. The topological polar surface area (TPSA) is 61.8 Å². The number of methoxy groups -OCH3 is 2. The molecule has 0 bridgehead atoms. The SMILES string of the molecule is COc1ccc(OC)c(C(=O)C=Cc2ccc(OC(=O)c3ccccc3)cc2)c1. The lowest BCUT2D eigenvalue weighted by molar-refractivity contribution is 0.0734. The van der Waals surface area contributed by atoms with Crippen LogP contribution in [0.15, 0.2) is 78.9 Å². The van der Waals surface area contributed by atoms with E-state index in [0.29, 0.717) is 28.4 Å². The second kappa shape index (κ2) is 9.37. The summed E-state index contributed by atoms with van der Waals surface area (Å²) in [5, 5.41) is 0. The van der Waals surface area contributed by atoms with Gasteiger partial charge < -0.3 is 14.2 Å². The summed E-state index contributed by atoms with van der Waals surface area (Å²) in [6, 6.07) is 20.7. The van der Waals surface area contributed by atoms with Gasteiger partial charge in [0.1, 0.15) is 17.2 Å². The van der Waals surface area contributed by atoms with Crippen molar-refractivity contribution in [2.45, 2.75) is 0 Å². The van der Waals surface area contributed by atoms with Gasteiger partial charge in [0.25, 0.3) is 0 Å². The fourth-order valence-corrected chi connectivity index (χ4v) is 2.66. The predicted molar refractivity (Wildman–Crippen MR) is 111 cm³/mol. The third-order valence-electron chi connectivity index (χ3n) is 4.20. The molecule has 0 amide bonds. The van der Waals surface area contributed by atoms with Crippen LogP contribution in [0.5, 0.6) is 17.2 Å². The molecule has 0 saturated carbocycles. The fourth-order valence-electron chi connectivity index (χ4n) is 2.66. The first-order valence-corrected chi connectivity index (χ1v) is 8.92. The Balaban J connectivity index is 1.69. The first kappa shape index (κ1) is 19.9. The van der Waals surface area contributed by atoms with Crippen molar-refractivity contribution in [1.82, 2.24) is 0 Å². The quantitative estimate of drug-likeness (QED) is 0.251. The minimum Gasteiger partial charge on any atom is -0.497 e. The van der Waals surface area contributed by atoms with Crippen LogP contribution >= 0.6 is 0 Å². The molecule has 29 heavy (non-hydrogen) atoms. The molecule has 0 spiro atoms. The van der Waals surface area contributed by atoms with Gasteiger partial charge in [-0.2, -0.15) is 0 Å². The Hall–Kier alpha value is -3.86. The second-order valence-corrected chi connectivity index (χ2v) is 6.09. The number of hydrogen-bond donors (Lipinski definition) is 0. The van der Waals surface area contributed by atoms with Crippen LogP contribution in [0.1, 0.15) is 26.3 Å². The minimum absolute atomic E-state index is 0.208. The average Bonchev–Trinajstić information content (AvgIpc) is 2.78. The predicted octanol–water partition coefficient (Wildman–Crippen LogP) is 4.82. The number of carbonyl (C=O) groups excluding carboxylic acids is 2. The van der Waals surface area contributed by atoms with Gasteiger partial charge in [-0.15, -0.1) is 0 Å². The lowest BCUT2D eigenvalue weighted by atomic mass is 10.1. The smallest absolute Gasteiger partial charge is 0.343 e. The molecule has 0 aliphatic heterocycles. The zero-order valence-corrected chi connectivity index (χ0v) is 16.1. The molecule has 3 rings (SSSR count). The van der Waals surface area contributed by atoms with Gasteiger partial charge in [-0.1, -0.05) is 36.4 Å². The summed E-state index contributed by atoms with van der Waals surface area (Å²) in [6.07, 6.45) is 3.15. The van der Waals surface area contributed by atoms with Crippen LogP contribution < -0.4 is 14.2 Å². The molecule has 5 nitrogen and oxygen atoms in total. The average molecular weight is 388 g/mol. The van der Waals surface area contributed by atoms with Gasteiger partial charge in [-0.05, 0) is 54.1 Å². The molecule has 0 atom stereocenters. The minimum atomic E-state index is -0.422. The highest BCUT2D eigenvalue weighted by Crippen LogP contribution is 2.25. The van der Waals surface area contributed by atoms with E-state index in [0.717, 1.165) is 5.56 Å². The van der Waals surface area contributed by atoms with Gasteiger partial charge in [0, 0.05) is 0 Å². The van der Waals surface area contributed by atoms with Crippen LogP contribution in [0.3, 0.4) is 0 Å². The van der Waals surface area contributed by atoms with E-state index >= 15 is 0 Å². The Morgan fingerprint density at radius 2 is 1.48 bits per heavy atom. The zero-order valence-electron chi connectivity index (χ0n) is 16.1. The molecular formula is C24H20O5. The standard InChI is InChI=1S/C24H20O5/c1-27-20-13-15-23(28-2)21(16-20)22(25)14-10-17-8-11-19(12-9-17)29-24(26)18-6-4-3-5-7-18/h3-16H,1-2H3. The summed E-state index contributed by atoms with van der Waals surface area (Å²) in [7, 11) is 3.05. The molecule has 0 saturated heterocycles. The number of carbonyl (C=O) groups is 2. The molecule has 0 unspecified atom stereocenters. The van der Waals surface area contributed by atoms with Crippen molar-refractivity contribution in [3.05, 3.63) is 95.6 Å². The van der Waals surface area contributed by atoms with Crippen LogP contribution in [0.4, 0.5) is 0 Å². The van der Waals surface area contributed by atoms with E-state index in [1.165, 1.54) is 20.3 Å². The number of ketones is 1. The van der Waals surface area contributed by atoms with Crippen molar-refractivity contribution in [2.75, 3.05) is 14.2 Å². The molecule has 0 heterocycles. The molecular weight excluding hydrogens is 368 g/mol. The van der Waals surface area contributed by atoms with Gasteiger partial charge >= 0.3 is 5.97 Å². The lowest BCUT2D eigenvalue weighted by Crippen LogP contribution is -2.07. The molecule has 3 aromatic rings. The maximum Gasteiger partial charge on any atom is 0.343 e. The van der Waals surface area contributed by atoms with Crippen LogP contribution in [0.25, 0.3) is 6.08 Å². The number of rotatable bonds is 7. The molecule has 0 N–H and O–H groups in total. The maximum absolute atomic E-state index is 12.5. The third kappa shape index (κ3) is 5.11. The summed E-state index contributed by atoms with van der Waals surface area (Å²) < 4.78 is 15.8. The molecule has 146 valence electrons. The normalized spacial score (nSPS) is 10.6. The fraction of sp³-hybridized carbons (Fsp3) is 0.0833. The van der Waals surface area contributed by atoms with Crippen LogP contribution in [-0.4, -0.2) is 26.0 Å². The van der Waals surface area contributed by atoms with Gasteiger partial charge in [-0.3, -0.25) is 4.79 Å². The van der Waals surface area contributed by atoms with Crippen LogP contribution in [0, 0.1) is 0 Å². The largest absolute Gasteiger partial charge is 0.497 e. The number of ether oxygens (including phenoxy) is 3. The Bertz CT molecular complexity index is 1020. The summed E-state index contributed by atoms with van der Waals surface area (Å²) in [5.41, 5.74) is 1.69. The zero-order chi connectivity index (χ0) is 20.6. The van der Waals surface area contributed by atoms with Crippen molar-refractivity contribution in [2.24, 2.45) is 0 Å². The third-order valence-corrected chi connectivity index (χ3v) is 4.20. The van der Waals surface area contributed by atoms with Crippen molar-refractivity contribution in [3.8, 4) is 17.2 Å². The first-order chi connectivity index (χ1) is 14.1. The molecule has 0 fully saturated rings. The van der Waals surface area contributed by atoms with Crippen LogP contribution in [-0.2, 0) is 0 Å². The van der Waals surface area contributed by atoms with Crippen molar-refractivity contribution in [1.29, 1.82) is 0 Å². The Labute approximate surface area is 169 Å². The molecule has 3 aromatic carbocycles. The van der Waals surface area contributed by atoms with E-state index in [9.17, 15) is 9.59 Å². The van der Waals surface area contributed by atoms with E-state index in [-0.39, 0.29) is 5.78 Å². The van der Waals surface area contributed by atoms with Gasteiger partial charge in [0.15, 0.2) is 5.78 Å². The van der Waals surface area contributed by atoms with E-state index in [1.807, 2.05) is 6.07 Å². The highest BCUT2D eigenvalue weighted by molar-refractivity contribution is 6.08. The summed E-state index contributed by atoms with van der Waals surface area (Å²) in [5.74, 6) is 0.849. The van der Waals surface area contributed by atoms with E-state index in [2.05, 4.69) is 0 Å². The molecule has 5 heteroatoms. The second-order valence-electron chi connectivity index (χ2n) is 6.09. The monoisotopic (exact) mass is 388 g/mol. The van der Waals surface area contributed by atoms with E-state index in [4.69, 9.17) is 14.2 Å². The maximum atomic E-state index is 12.5. The van der Waals surface area contributed by atoms with Crippen LogP contribution in [0.2, 0.25) is 0 Å². The molecule has 0 aliphatic carbocycles. The van der Waals surface area contributed by atoms with Gasteiger partial charge in [0.05, 0.1) is 25.3 Å². The molecule has 0 radical (unpaired) electrons. The van der Waals surface area contributed by atoms with Crippen molar-refractivity contribution < 1.29 is 23.8 Å². The first-order valence-electron chi connectivity index (χ1n) is 8.92. The van der Waals surface area contributed by atoms with Crippen molar-refractivity contribution in [3.63, 3.8) is 0 Å². The van der Waals surface area contributed by atoms with E-state index in [1.54, 1.807) is 72.8 Å². The highest BCUT2D eigenvalue weighted by atomic mass is 16.5. The number of esters is 1. The van der Waals surface area contributed by atoms with Crippen molar-refractivity contribution >= 4 is 17.8 Å². The number of benzene rings is 3. The summed E-state index contributed by atoms with van der Waals surface area (Å²) >= 11 is 0. The molecule has 0 aromatic heterocycles. The Kier molecular flexibility index (Phi) is 6.43. The number of hydrogen-bond acceptors (Lipinski definition) is 5. The Morgan fingerprint density at radius 1 is 0.793 bits per heavy atom. The Morgan fingerprint density at radius 3 is 2.14 bits per heavy atom. The van der Waals surface area contributed by atoms with Gasteiger partial charge in [0.2, 0.25) is 0 Å². The van der Waals surface area contributed by atoms with Gasteiger partial charge in [-0.25, -0.2) is 4.79 Å². The van der Waals surface area contributed by atoms with E-state index < -0.39 is 5.97 Å². The lowest BCUT2D eigenvalue weighted by Gasteiger charge is -2.08. The number of allylic oxidation sites excluding steroid dienone is 1.